The van der Waals surface area contributed by atoms with E-state index < -0.39 is 0 Å². The lowest BCUT2D eigenvalue weighted by atomic mass is 9.86. The van der Waals surface area contributed by atoms with Crippen molar-refractivity contribution in [1.29, 1.82) is 0 Å². The van der Waals surface area contributed by atoms with Gasteiger partial charge in [0.15, 0.2) is 0 Å². The number of anilines is 2. The third kappa shape index (κ3) is 4.77. The number of hydrogen-bond donors (Lipinski definition) is 0. The van der Waals surface area contributed by atoms with Crippen molar-refractivity contribution >= 4 is 32.9 Å². The van der Waals surface area contributed by atoms with Crippen LogP contribution in [-0.2, 0) is 6.54 Å². The minimum atomic E-state index is 0.794. The molecule has 1 nitrogen and oxygen atoms in total. The summed E-state index contributed by atoms with van der Waals surface area (Å²) in [5, 5.41) is 5.14. The van der Waals surface area contributed by atoms with Crippen molar-refractivity contribution in [2.75, 3.05) is 4.90 Å². The first-order valence-electron chi connectivity index (χ1n) is 14.2. The van der Waals surface area contributed by atoms with Crippen molar-refractivity contribution in [1.82, 2.24) is 0 Å². The molecule has 0 aliphatic carbocycles. The number of hydrogen-bond acceptors (Lipinski definition) is 1. The van der Waals surface area contributed by atoms with Gasteiger partial charge >= 0.3 is 0 Å². The van der Waals surface area contributed by atoms with Gasteiger partial charge in [-0.2, -0.15) is 0 Å². The maximum atomic E-state index is 2.37. The van der Waals surface area contributed by atoms with E-state index in [4.69, 9.17) is 0 Å². The van der Waals surface area contributed by atoms with Crippen molar-refractivity contribution in [3.8, 4) is 22.3 Å². The van der Waals surface area contributed by atoms with Crippen molar-refractivity contribution in [3.63, 3.8) is 0 Å². The van der Waals surface area contributed by atoms with Crippen LogP contribution in [0.15, 0.2) is 158 Å². The summed E-state index contributed by atoms with van der Waals surface area (Å²) in [6, 6.07) is 57.0. The number of rotatable bonds is 6. The van der Waals surface area contributed by atoms with Gasteiger partial charge in [-0.1, -0.05) is 139 Å². The molecular formula is C40H31N. The van der Waals surface area contributed by atoms with E-state index in [9.17, 15) is 0 Å². The van der Waals surface area contributed by atoms with Crippen LogP contribution in [0.3, 0.4) is 0 Å². The summed E-state index contributed by atoms with van der Waals surface area (Å²) in [6.45, 7) is 2.94. The van der Waals surface area contributed by atoms with E-state index in [1.165, 1.54) is 66.3 Å². The van der Waals surface area contributed by atoms with Crippen LogP contribution >= 0.6 is 0 Å². The summed E-state index contributed by atoms with van der Waals surface area (Å²) < 4.78 is 0. The van der Waals surface area contributed by atoms with Gasteiger partial charge < -0.3 is 4.90 Å². The van der Waals surface area contributed by atoms with Gasteiger partial charge in [-0.3, -0.25) is 0 Å². The van der Waals surface area contributed by atoms with Gasteiger partial charge in [0.25, 0.3) is 0 Å². The maximum Gasteiger partial charge on any atom is 0.0481 e. The first-order valence-corrected chi connectivity index (χ1v) is 14.2. The average molecular weight is 526 g/mol. The second-order valence-corrected chi connectivity index (χ2v) is 10.7. The maximum absolute atomic E-state index is 2.37. The molecule has 0 aromatic heterocycles. The summed E-state index contributed by atoms with van der Waals surface area (Å²) >= 11 is 0. The second kappa shape index (κ2) is 10.8. The smallest absolute Gasteiger partial charge is 0.0481 e. The predicted molar refractivity (Wildman–Crippen MR) is 176 cm³/mol. The van der Waals surface area contributed by atoms with Crippen LogP contribution < -0.4 is 4.90 Å². The summed E-state index contributed by atoms with van der Waals surface area (Å²) in [7, 11) is 0. The second-order valence-electron chi connectivity index (χ2n) is 10.7. The minimum Gasteiger partial charge on any atom is -0.337 e. The van der Waals surface area contributed by atoms with E-state index in [1.807, 2.05) is 0 Å². The van der Waals surface area contributed by atoms with E-state index in [2.05, 4.69) is 170 Å². The lowest BCUT2D eigenvalue weighted by Crippen LogP contribution is -2.16. The molecule has 0 heterocycles. The van der Waals surface area contributed by atoms with Gasteiger partial charge in [0.2, 0.25) is 0 Å². The molecule has 1 heteroatoms. The molecule has 41 heavy (non-hydrogen) atoms. The van der Waals surface area contributed by atoms with E-state index in [0.717, 1.165) is 6.54 Å². The van der Waals surface area contributed by atoms with Crippen molar-refractivity contribution in [2.45, 2.75) is 13.5 Å². The highest BCUT2D eigenvalue weighted by Gasteiger charge is 2.17. The molecule has 7 aromatic rings. The van der Waals surface area contributed by atoms with E-state index >= 15 is 0 Å². The van der Waals surface area contributed by atoms with Crippen LogP contribution in [0.25, 0.3) is 43.8 Å². The van der Waals surface area contributed by atoms with Gasteiger partial charge in [0.05, 0.1) is 0 Å². The topological polar surface area (TPSA) is 3.24 Å². The largest absolute Gasteiger partial charge is 0.337 e. The average Bonchev–Trinajstić information content (AvgIpc) is 3.04. The van der Waals surface area contributed by atoms with Gasteiger partial charge in [-0.05, 0) is 80.6 Å². The Balaban J connectivity index is 1.34. The number of nitrogens with zero attached hydrogens (tertiary/aromatic N) is 1. The molecule has 0 spiro atoms. The zero-order valence-corrected chi connectivity index (χ0v) is 23.2. The van der Waals surface area contributed by atoms with Crippen LogP contribution in [0.4, 0.5) is 11.4 Å². The molecule has 0 bridgehead atoms. The quantitative estimate of drug-likeness (QED) is 0.195. The molecule has 0 unspecified atom stereocenters. The Morgan fingerprint density at radius 3 is 1.17 bits per heavy atom. The number of fused-ring (bicyclic) bond motifs is 2. The Bertz CT molecular complexity index is 1840. The molecule has 0 aliphatic heterocycles. The number of benzene rings is 7. The Morgan fingerprint density at radius 2 is 0.756 bits per heavy atom. The fourth-order valence-electron chi connectivity index (χ4n) is 5.98. The first kappa shape index (κ1) is 24.9. The lowest BCUT2D eigenvalue weighted by Gasteiger charge is -2.25. The molecule has 7 aromatic carbocycles. The summed E-state index contributed by atoms with van der Waals surface area (Å²) in [5.41, 5.74) is 10.0. The van der Waals surface area contributed by atoms with Crippen LogP contribution in [0, 0.1) is 6.92 Å². The van der Waals surface area contributed by atoms with Crippen LogP contribution in [-0.4, -0.2) is 0 Å². The summed E-state index contributed by atoms with van der Waals surface area (Å²) in [5.74, 6) is 0. The van der Waals surface area contributed by atoms with Gasteiger partial charge in [0, 0.05) is 17.9 Å². The van der Waals surface area contributed by atoms with Crippen LogP contribution in [0.5, 0.6) is 0 Å². The molecule has 0 radical (unpaired) electrons. The Labute approximate surface area is 242 Å². The fraction of sp³-hybridized carbons (Fsp3) is 0.0500. The number of aryl methyl sites for hydroxylation is 1. The van der Waals surface area contributed by atoms with Gasteiger partial charge in [0.1, 0.15) is 0 Å². The normalized spacial score (nSPS) is 11.1. The molecule has 0 N–H and O–H groups in total. The summed E-state index contributed by atoms with van der Waals surface area (Å²) in [4.78, 5) is 2.37. The fourth-order valence-corrected chi connectivity index (χ4v) is 5.98. The highest BCUT2D eigenvalue weighted by molar-refractivity contribution is 6.21. The van der Waals surface area contributed by atoms with E-state index in [-0.39, 0.29) is 0 Å². The third-order valence-corrected chi connectivity index (χ3v) is 7.99. The molecule has 0 saturated heterocycles. The molecule has 0 atom stereocenters. The zero-order valence-electron chi connectivity index (χ0n) is 23.2. The molecule has 196 valence electrons. The predicted octanol–water partition coefficient (Wildman–Crippen LogP) is 11.0. The first-order chi connectivity index (χ1) is 20.3. The molecule has 0 saturated carbocycles. The molecule has 0 amide bonds. The molecule has 0 aliphatic rings. The van der Waals surface area contributed by atoms with E-state index in [0.29, 0.717) is 0 Å². The van der Waals surface area contributed by atoms with Crippen molar-refractivity contribution in [2.24, 2.45) is 0 Å². The van der Waals surface area contributed by atoms with Crippen molar-refractivity contribution in [3.05, 3.63) is 169 Å². The van der Waals surface area contributed by atoms with Crippen LogP contribution in [0.2, 0.25) is 0 Å². The Hall–Kier alpha value is -5.14. The Kier molecular flexibility index (Phi) is 6.55. The van der Waals surface area contributed by atoms with Crippen molar-refractivity contribution < 1.29 is 0 Å². The van der Waals surface area contributed by atoms with E-state index in [1.54, 1.807) is 0 Å². The molecule has 7 rings (SSSR count). The minimum absolute atomic E-state index is 0.794. The third-order valence-electron chi connectivity index (χ3n) is 7.99. The highest BCUT2D eigenvalue weighted by Crippen LogP contribution is 2.43. The SMILES string of the molecule is Cc1ccc(-c2c3ccccc3c(-c3ccc(CN(c4ccccc4)c4ccccc4)cc3)c3ccccc23)cc1. The molecule has 0 fully saturated rings. The van der Waals surface area contributed by atoms with Gasteiger partial charge in [-0.15, -0.1) is 0 Å². The van der Waals surface area contributed by atoms with Gasteiger partial charge in [-0.25, -0.2) is 0 Å². The standard InChI is InChI=1S/C40H31N/c1-29-20-24-31(25-21-29)39-35-16-8-10-18-37(35)40(38-19-11-9-17-36(38)39)32-26-22-30(23-27-32)28-41(33-12-4-2-5-13-33)34-14-6-3-7-15-34/h2-27H,28H2,1H3. The molecular weight excluding hydrogens is 494 g/mol. The monoisotopic (exact) mass is 525 g/mol. The summed E-state index contributed by atoms with van der Waals surface area (Å²) in [6.07, 6.45) is 0. The number of para-hydroxylation sites is 2. The zero-order chi connectivity index (χ0) is 27.6. The van der Waals surface area contributed by atoms with Crippen LogP contribution in [0.1, 0.15) is 11.1 Å². The highest BCUT2D eigenvalue weighted by atomic mass is 15.1. The Morgan fingerprint density at radius 1 is 0.390 bits per heavy atom. The lowest BCUT2D eigenvalue weighted by molar-refractivity contribution is 0.976.